The van der Waals surface area contributed by atoms with E-state index in [-0.39, 0.29) is 11.8 Å². The molecule has 0 bridgehead atoms. The van der Waals surface area contributed by atoms with Gasteiger partial charge in [-0.05, 0) is 49.1 Å². The number of piperidine rings is 1. The van der Waals surface area contributed by atoms with Crippen molar-refractivity contribution in [3.05, 3.63) is 63.9 Å². The Morgan fingerprint density at radius 2 is 2.09 bits per heavy atom. The highest BCUT2D eigenvalue weighted by molar-refractivity contribution is 7.15. The normalized spacial score (nSPS) is 14.8. The Balaban J connectivity index is 1.16. The van der Waals surface area contributed by atoms with Crippen LogP contribution < -0.4 is 10.2 Å². The molecule has 0 atom stereocenters. The maximum Gasteiger partial charge on any atom is 0.229 e. The Bertz CT molecular complexity index is 1260. The molecule has 4 heterocycles. The van der Waals surface area contributed by atoms with Crippen LogP contribution in [-0.2, 0) is 11.2 Å². The van der Waals surface area contributed by atoms with Gasteiger partial charge in [-0.1, -0.05) is 23.7 Å². The van der Waals surface area contributed by atoms with E-state index in [4.69, 9.17) is 11.6 Å². The van der Waals surface area contributed by atoms with Gasteiger partial charge in [0.25, 0.3) is 0 Å². The number of halogens is 1. The number of hydrogen-bond acceptors (Lipinski definition) is 7. The van der Waals surface area contributed by atoms with E-state index in [0.29, 0.717) is 5.13 Å². The number of aryl methyl sites for hydroxylation is 1. The molecule has 3 aromatic heterocycles. The number of rotatable bonds is 5. The summed E-state index contributed by atoms with van der Waals surface area (Å²) >= 11 is 7.73. The molecule has 0 unspecified atom stereocenters. The van der Waals surface area contributed by atoms with Crippen LogP contribution in [0.3, 0.4) is 0 Å². The Labute approximate surface area is 194 Å². The molecule has 1 fully saturated rings. The molecular weight excluding hydrogens is 446 g/mol. The molecule has 1 aromatic carbocycles. The number of benzene rings is 1. The standard InChI is InChI=1S/C22H22ClN7OS/c1-14-2-3-15(11-18(14)23)10-17-12-24-22(32-17)26-21(31)16-6-8-29(9-7-16)20-5-4-19-27-25-13-30(19)28-20/h2-5,11-13,16H,6-10H2,1H3,(H,24,26,31). The molecule has 0 aliphatic carbocycles. The van der Waals surface area contributed by atoms with E-state index in [1.165, 1.54) is 11.3 Å². The fourth-order valence-corrected chi connectivity index (χ4v) is 4.91. The number of thiazole rings is 1. The van der Waals surface area contributed by atoms with Crippen molar-refractivity contribution in [3.63, 3.8) is 0 Å². The van der Waals surface area contributed by atoms with Gasteiger partial charge >= 0.3 is 0 Å². The van der Waals surface area contributed by atoms with E-state index >= 15 is 0 Å². The van der Waals surface area contributed by atoms with E-state index in [1.807, 2.05) is 37.4 Å². The van der Waals surface area contributed by atoms with E-state index in [2.05, 4.69) is 36.6 Å². The molecule has 32 heavy (non-hydrogen) atoms. The van der Waals surface area contributed by atoms with Crippen LogP contribution >= 0.6 is 22.9 Å². The number of carbonyl (C=O) groups excluding carboxylic acids is 1. The lowest BCUT2D eigenvalue weighted by molar-refractivity contribution is -0.120. The zero-order valence-corrected chi connectivity index (χ0v) is 19.1. The van der Waals surface area contributed by atoms with Gasteiger partial charge in [-0.3, -0.25) is 4.79 Å². The van der Waals surface area contributed by atoms with Crippen molar-refractivity contribution in [3.8, 4) is 0 Å². The third-order valence-electron chi connectivity index (χ3n) is 5.74. The molecule has 0 radical (unpaired) electrons. The van der Waals surface area contributed by atoms with Crippen LogP contribution in [0.5, 0.6) is 0 Å². The molecule has 8 nitrogen and oxygen atoms in total. The average molecular weight is 468 g/mol. The maximum atomic E-state index is 12.8. The van der Waals surface area contributed by atoms with Crippen LogP contribution in [0, 0.1) is 12.8 Å². The highest BCUT2D eigenvalue weighted by Crippen LogP contribution is 2.26. The van der Waals surface area contributed by atoms with Crippen molar-refractivity contribution < 1.29 is 4.79 Å². The zero-order chi connectivity index (χ0) is 22.1. The van der Waals surface area contributed by atoms with Gasteiger partial charge < -0.3 is 10.2 Å². The maximum absolute atomic E-state index is 12.8. The summed E-state index contributed by atoms with van der Waals surface area (Å²) in [6, 6.07) is 9.93. The molecule has 164 valence electrons. The van der Waals surface area contributed by atoms with Gasteiger partial charge in [-0.15, -0.1) is 26.6 Å². The number of aromatic nitrogens is 5. The molecule has 5 rings (SSSR count). The first-order valence-electron chi connectivity index (χ1n) is 10.5. The molecule has 0 saturated carbocycles. The van der Waals surface area contributed by atoms with Gasteiger partial charge in [0.1, 0.15) is 12.1 Å². The molecule has 1 N–H and O–H groups in total. The zero-order valence-electron chi connectivity index (χ0n) is 17.5. The number of hydrogen-bond donors (Lipinski definition) is 1. The number of fused-ring (bicyclic) bond motifs is 1. The number of nitrogens with zero attached hydrogens (tertiary/aromatic N) is 6. The van der Waals surface area contributed by atoms with Crippen LogP contribution in [-0.4, -0.2) is 43.8 Å². The molecule has 1 aliphatic rings. The molecule has 1 saturated heterocycles. The lowest BCUT2D eigenvalue weighted by atomic mass is 9.96. The summed E-state index contributed by atoms with van der Waals surface area (Å²) in [5.74, 6) is 0.872. The lowest BCUT2D eigenvalue weighted by Crippen LogP contribution is -2.38. The van der Waals surface area contributed by atoms with E-state index in [9.17, 15) is 4.79 Å². The van der Waals surface area contributed by atoms with Crippen molar-refractivity contribution in [1.29, 1.82) is 0 Å². The van der Waals surface area contributed by atoms with Crippen LogP contribution in [0.2, 0.25) is 5.02 Å². The van der Waals surface area contributed by atoms with E-state index in [0.717, 1.165) is 64.8 Å². The largest absolute Gasteiger partial charge is 0.355 e. The molecule has 0 spiro atoms. The van der Waals surface area contributed by atoms with Crippen LogP contribution in [0.15, 0.2) is 42.9 Å². The minimum absolute atomic E-state index is 0.0335. The molecule has 1 amide bonds. The van der Waals surface area contributed by atoms with Gasteiger partial charge in [0.2, 0.25) is 5.91 Å². The Morgan fingerprint density at radius 1 is 1.25 bits per heavy atom. The van der Waals surface area contributed by atoms with E-state index < -0.39 is 0 Å². The number of carbonyl (C=O) groups is 1. The summed E-state index contributed by atoms with van der Waals surface area (Å²) in [5, 5.41) is 16.8. The van der Waals surface area contributed by atoms with Crippen molar-refractivity contribution in [2.24, 2.45) is 5.92 Å². The summed E-state index contributed by atoms with van der Waals surface area (Å²) in [5.41, 5.74) is 2.91. The minimum Gasteiger partial charge on any atom is -0.355 e. The van der Waals surface area contributed by atoms with Gasteiger partial charge in [0, 0.05) is 41.5 Å². The second-order valence-electron chi connectivity index (χ2n) is 7.97. The van der Waals surface area contributed by atoms with Gasteiger partial charge in [-0.2, -0.15) is 4.52 Å². The van der Waals surface area contributed by atoms with Crippen LogP contribution in [0.25, 0.3) is 5.65 Å². The predicted molar refractivity (Wildman–Crippen MR) is 125 cm³/mol. The van der Waals surface area contributed by atoms with Crippen LogP contribution in [0.4, 0.5) is 10.9 Å². The SMILES string of the molecule is Cc1ccc(Cc2cnc(NC(=O)C3CCN(c4ccc5nncn5n4)CC3)s2)cc1Cl. The van der Waals surface area contributed by atoms with Gasteiger partial charge in [-0.25, -0.2) is 4.98 Å². The highest BCUT2D eigenvalue weighted by atomic mass is 35.5. The average Bonchev–Trinajstić information content (AvgIpc) is 3.45. The third-order valence-corrected chi connectivity index (χ3v) is 7.06. The minimum atomic E-state index is -0.0341. The van der Waals surface area contributed by atoms with E-state index in [1.54, 1.807) is 10.8 Å². The highest BCUT2D eigenvalue weighted by Gasteiger charge is 2.26. The first kappa shape index (κ1) is 20.8. The first-order chi connectivity index (χ1) is 15.5. The molecule has 10 heteroatoms. The van der Waals surface area contributed by atoms with Crippen molar-refractivity contribution >= 4 is 45.4 Å². The summed E-state index contributed by atoms with van der Waals surface area (Å²) in [6.45, 7) is 3.54. The summed E-state index contributed by atoms with van der Waals surface area (Å²) < 4.78 is 1.67. The second kappa shape index (κ2) is 8.84. The summed E-state index contributed by atoms with van der Waals surface area (Å²) in [4.78, 5) is 20.5. The third kappa shape index (κ3) is 4.44. The number of nitrogens with one attached hydrogen (secondary N) is 1. The molecule has 4 aromatic rings. The monoisotopic (exact) mass is 467 g/mol. The Kier molecular flexibility index (Phi) is 5.75. The summed E-state index contributed by atoms with van der Waals surface area (Å²) in [6.07, 6.45) is 5.70. The Morgan fingerprint density at radius 3 is 2.91 bits per heavy atom. The number of amides is 1. The quantitative estimate of drug-likeness (QED) is 0.477. The fraction of sp³-hybridized carbons (Fsp3) is 0.318. The lowest BCUT2D eigenvalue weighted by Gasteiger charge is -2.31. The Hall–Kier alpha value is -3.04. The van der Waals surface area contributed by atoms with Gasteiger partial charge in [0.05, 0.1) is 0 Å². The van der Waals surface area contributed by atoms with Crippen molar-refractivity contribution in [1.82, 2.24) is 24.8 Å². The smallest absolute Gasteiger partial charge is 0.229 e. The second-order valence-corrected chi connectivity index (χ2v) is 9.49. The first-order valence-corrected chi connectivity index (χ1v) is 11.7. The van der Waals surface area contributed by atoms with Crippen molar-refractivity contribution in [2.75, 3.05) is 23.3 Å². The topological polar surface area (TPSA) is 88.3 Å². The summed E-state index contributed by atoms with van der Waals surface area (Å²) in [7, 11) is 0. The van der Waals surface area contributed by atoms with Crippen molar-refractivity contribution in [2.45, 2.75) is 26.2 Å². The fourth-order valence-electron chi connectivity index (χ4n) is 3.86. The molecule has 1 aliphatic heterocycles. The number of anilines is 2. The molecular formula is C22H22ClN7OS. The predicted octanol–water partition coefficient (Wildman–Crippen LogP) is 3.99. The van der Waals surface area contributed by atoms with Gasteiger partial charge in [0.15, 0.2) is 10.8 Å². The van der Waals surface area contributed by atoms with Crippen LogP contribution in [0.1, 0.15) is 28.8 Å².